The lowest BCUT2D eigenvalue weighted by molar-refractivity contribution is 0.0472. The lowest BCUT2D eigenvalue weighted by Crippen LogP contribution is -2.28. The lowest BCUT2D eigenvalue weighted by atomic mass is 9.86. The number of carbonyl (C=O) groups excluding carboxylic acids is 3. The molecule has 0 fully saturated rings. The molecule has 0 atom stereocenters. The van der Waals surface area contributed by atoms with E-state index in [9.17, 15) is 14.4 Å². The molecule has 0 N–H and O–H groups in total. The Labute approximate surface area is 188 Å². The van der Waals surface area contributed by atoms with Crippen LogP contribution in [-0.2, 0) is 10.2 Å². The average molecular weight is 430 g/mol. The van der Waals surface area contributed by atoms with E-state index in [1.54, 1.807) is 37.4 Å². The SMILES string of the molecule is CN(C(=O)c1ccccc1C(=O)OCC(=O)c1ccc(C(C)(C)C)cc1)c1ccccc1. The van der Waals surface area contributed by atoms with Gasteiger partial charge in [0.15, 0.2) is 12.4 Å². The van der Waals surface area contributed by atoms with Crippen molar-refractivity contribution in [2.45, 2.75) is 26.2 Å². The Morgan fingerprint density at radius 3 is 1.94 bits per heavy atom. The van der Waals surface area contributed by atoms with Gasteiger partial charge in [-0.1, -0.05) is 75.4 Å². The molecular weight excluding hydrogens is 402 g/mol. The number of benzene rings is 3. The van der Waals surface area contributed by atoms with Gasteiger partial charge < -0.3 is 9.64 Å². The molecule has 0 saturated heterocycles. The molecular formula is C27H27NO4. The third-order valence-electron chi connectivity index (χ3n) is 5.23. The zero-order valence-electron chi connectivity index (χ0n) is 18.8. The highest BCUT2D eigenvalue weighted by Crippen LogP contribution is 2.22. The Morgan fingerprint density at radius 1 is 0.781 bits per heavy atom. The minimum atomic E-state index is -0.713. The molecule has 0 unspecified atom stereocenters. The zero-order chi connectivity index (χ0) is 23.3. The van der Waals surface area contributed by atoms with Crippen molar-refractivity contribution in [1.82, 2.24) is 0 Å². The number of hydrogen-bond donors (Lipinski definition) is 0. The summed E-state index contributed by atoms with van der Waals surface area (Å²) in [6.07, 6.45) is 0. The highest BCUT2D eigenvalue weighted by Gasteiger charge is 2.22. The summed E-state index contributed by atoms with van der Waals surface area (Å²) in [5, 5.41) is 0. The molecule has 0 aliphatic carbocycles. The molecule has 1 amide bonds. The number of ketones is 1. The van der Waals surface area contributed by atoms with E-state index in [-0.39, 0.29) is 28.2 Å². The predicted octanol–water partition coefficient (Wildman–Crippen LogP) is 5.30. The summed E-state index contributed by atoms with van der Waals surface area (Å²) >= 11 is 0. The van der Waals surface area contributed by atoms with Crippen LogP contribution in [0.15, 0.2) is 78.9 Å². The van der Waals surface area contributed by atoms with E-state index < -0.39 is 12.6 Å². The Kier molecular flexibility index (Phi) is 6.89. The third-order valence-corrected chi connectivity index (χ3v) is 5.23. The number of carbonyl (C=O) groups is 3. The Morgan fingerprint density at radius 2 is 1.34 bits per heavy atom. The van der Waals surface area contributed by atoms with Crippen LogP contribution in [0.3, 0.4) is 0 Å². The van der Waals surface area contributed by atoms with Crippen molar-refractivity contribution in [2.75, 3.05) is 18.6 Å². The fourth-order valence-electron chi connectivity index (χ4n) is 3.25. The van der Waals surface area contributed by atoms with Crippen LogP contribution in [0.5, 0.6) is 0 Å². The number of hydrogen-bond acceptors (Lipinski definition) is 4. The number of rotatable bonds is 6. The molecule has 0 aromatic heterocycles. The Bertz CT molecular complexity index is 1110. The largest absolute Gasteiger partial charge is 0.454 e. The molecule has 5 heteroatoms. The van der Waals surface area contributed by atoms with Crippen molar-refractivity contribution < 1.29 is 19.1 Å². The number of para-hydroxylation sites is 1. The van der Waals surface area contributed by atoms with E-state index >= 15 is 0 Å². The number of esters is 1. The summed E-state index contributed by atoms with van der Waals surface area (Å²) in [6.45, 7) is 5.89. The maximum Gasteiger partial charge on any atom is 0.339 e. The molecule has 0 spiro atoms. The van der Waals surface area contributed by atoms with Gasteiger partial charge in [-0.05, 0) is 35.2 Å². The minimum Gasteiger partial charge on any atom is -0.454 e. The number of amides is 1. The standard InChI is InChI=1S/C27H27NO4/c1-27(2,3)20-16-14-19(15-17-20)24(29)18-32-26(31)23-13-9-8-12-22(23)25(30)28(4)21-10-6-5-7-11-21/h5-17H,18H2,1-4H3. The first-order valence-electron chi connectivity index (χ1n) is 10.4. The molecule has 0 aliphatic heterocycles. The summed E-state index contributed by atoms with van der Waals surface area (Å²) in [5.41, 5.74) is 2.61. The highest BCUT2D eigenvalue weighted by molar-refractivity contribution is 6.12. The molecule has 0 aliphatic rings. The van der Waals surface area contributed by atoms with Crippen molar-refractivity contribution in [2.24, 2.45) is 0 Å². The molecule has 5 nitrogen and oxygen atoms in total. The molecule has 3 aromatic rings. The van der Waals surface area contributed by atoms with Gasteiger partial charge in [0.25, 0.3) is 5.91 Å². The molecule has 0 heterocycles. The molecule has 0 bridgehead atoms. The van der Waals surface area contributed by atoms with Gasteiger partial charge in [-0.2, -0.15) is 0 Å². The topological polar surface area (TPSA) is 63.7 Å². The van der Waals surface area contributed by atoms with Gasteiger partial charge >= 0.3 is 5.97 Å². The van der Waals surface area contributed by atoms with Crippen molar-refractivity contribution in [3.05, 3.63) is 101 Å². The number of ether oxygens (including phenoxy) is 1. The van der Waals surface area contributed by atoms with Crippen molar-refractivity contribution >= 4 is 23.3 Å². The van der Waals surface area contributed by atoms with Crippen LogP contribution < -0.4 is 4.90 Å². The summed E-state index contributed by atoms with van der Waals surface area (Å²) in [5.74, 6) is -1.35. The van der Waals surface area contributed by atoms with Crippen LogP contribution in [0.2, 0.25) is 0 Å². The molecule has 0 radical (unpaired) electrons. The fourth-order valence-corrected chi connectivity index (χ4v) is 3.25. The number of Topliss-reactive ketones (excluding diaryl/α,β-unsaturated/α-hetero) is 1. The minimum absolute atomic E-state index is 0.0167. The van der Waals surface area contributed by atoms with Gasteiger partial charge in [0.1, 0.15) is 0 Å². The number of nitrogens with zero attached hydrogens (tertiary/aromatic N) is 1. The van der Waals surface area contributed by atoms with Crippen LogP contribution in [0.4, 0.5) is 5.69 Å². The van der Waals surface area contributed by atoms with Gasteiger partial charge in [0, 0.05) is 18.3 Å². The quantitative estimate of drug-likeness (QED) is 0.394. The van der Waals surface area contributed by atoms with E-state index in [2.05, 4.69) is 20.8 Å². The fraction of sp³-hybridized carbons (Fsp3) is 0.222. The van der Waals surface area contributed by atoms with Gasteiger partial charge in [-0.25, -0.2) is 4.79 Å². The monoisotopic (exact) mass is 429 g/mol. The molecule has 32 heavy (non-hydrogen) atoms. The van der Waals surface area contributed by atoms with Crippen LogP contribution in [0.25, 0.3) is 0 Å². The van der Waals surface area contributed by atoms with Gasteiger partial charge in [0.2, 0.25) is 0 Å². The number of anilines is 1. The summed E-state index contributed by atoms with van der Waals surface area (Å²) in [6, 6.07) is 22.9. The first-order valence-corrected chi connectivity index (χ1v) is 10.4. The van der Waals surface area contributed by atoms with E-state index in [0.29, 0.717) is 11.3 Å². The van der Waals surface area contributed by atoms with Crippen LogP contribution in [0, 0.1) is 0 Å². The molecule has 164 valence electrons. The average Bonchev–Trinajstić information content (AvgIpc) is 2.81. The lowest BCUT2D eigenvalue weighted by Gasteiger charge is -2.19. The molecule has 3 rings (SSSR count). The normalized spacial score (nSPS) is 11.0. The summed E-state index contributed by atoms with van der Waals surface area (Å²) in [4.78, 5) is 39.7. The first kappa shape index (κ1) is 22.9. The summed E-state index contributed by atoms with van der Waals surface area (Å²) in [7, 11) is 1.64. The van der Waals surface area contributed by atoms with Gasteiger partial charge in [0.05, 0.1) is 11.1 Å². The zero-order valence-corrected chi connectivity index (χ0v) is 18.8. The summed E-state index contributed by atoms with van der Waals surface area (Å²) < 4.78 is 5.26. The molecule has 3 aromatic carbocycles. The second kappa shape index (κ2) is 9.60. The Balaban J connectivity index is 1.71. The van der Waals surface area contributed by atoms with Gasteiger partial charge in [-0.15, -0.1) is 0 Å². The smallest absolute Gasteiger partial charge is 0.339 e. The maximum atomic E-state index is 13.0. The van der Waals surface area contributed by atoms with Crippen molar-refractivity contribution in [3.63, 3.8) is 0 Å². The Hall–Kier alpha value is -3.73. The van der Waals surface area contributed by atoms with E-state index in [1.807, 2.05) is 42.5 Å². The third kappa shape index (κ3) is 5.30. The second-order valence-corrected chi connectivity index (χ2v) is 8.57. The van der Waals surface area contributed by atoms with E-state index in [0.717, 1.165) is 5.56 Å². The van der Waals surface area contributed by atoms with E-state index in [1.165, 1.54) is 11.0 Å². The second-order valence-electron chi connectivity index (χ2n) is 8.57. The van der Waals surface area contributed by atoms with Crippen LogP contribution >= 0.6 is 0 Å². The van der Waals surface area contributed by atoms with Crippen molar-refractivity contribution in [3.8, 4) is 0 Å². The molecule has 0 saturated carbocycles. The maximum absolute atomic E-state index is 13.0. The van der Waals surface area contributed by atoms with Crippen molar-refractivity contribution in [1.29, 1.82) is 0 Å². The van der Waals surface area contributed by atoms with Crippen LogP contribution in [-0.4, -0.2) is 31.3 Å². The van der Waals surface area contributed by atoms with Crippen LogP contribution in [0.1, 0.15) is 57.4 Å². The van der Waals surface area contributed by atoms with Gasteiger partial charge in [-0.3, -0.25) is 9.59 Å². The first-order chi connectivity index (χ1) is 15.2. The highest BCUT2D eigenvalue weighted by atomic mass is 16.5. The predicted molar refractivity (Wildman–Crippen MR) is 125 cm³/mol. The van der Waals surface area contributed by atoms with E-state index in [4.69, 9.17) is 4.74 Å².